The standard InChI is InChI=1S/C13H21N3O2S/c1-13(2)7-6-10(8-13)9-15-11-4-3-5-12(16-11)19(14,17)18/h3-5,10H,6-9H2,1-2H3,(H,15,16)(H2,14,17,18). The second-order valence-corrected chi connectivity index (χ2v) is 7.57. The molecular formula is C13H21N3O2S. The van der Waals surface area contributed by atoms with E-state index in [9.17, 15) is 8.42 Å². The van der Waals surface area contributed by atoms with Gasteiger partial charge in [-0.05, 0) is 42.7 Å². The average Bonchev–Trinajstić information content (AvgIpc) is 2.66. The fraction of sp³-hybridized carbons (Fsp3) is 0.615. The van der Waals surface area contributed by atoms with Crippen LogP contribution in [0.3, 0.4) is 0 Å². The number of nitrogens with one attached hydrogen (secondary N) is 1. The van der Waals surface area contributed by atoms with Crippen molar-refractivity contribution in [3.63, 3.8) is 0 Å². The van der Waals surface area contributed by atoms with Crippen molar-refractivity contribution in [1.29, 1.82) is 0 Å². The molecule has 1 fully saturated rings. The summed E-state index contributed by atoms with van der Waals surface area (Å²) < 4.78 is 22.4. The molecule has 0 bridgehead atoms. The number of primary sulfonamides is 1. The van der Waals surface area contributed by atoms with E-state index >= 15 is 0 Å². The lowest BCUT2D eigenvalue weighted by Gasteiger charge is -2.17. The number of rotatable bonds is 4. The van der Waals surface area contributed by atoms with E-state index in [4.69, 9.17) is 5.14 Å². The van der Waals surface area contributed by atoms with Gasteiger partial charge in [0.25, 0.3) is 10.0 Å². The van der Waals surface area contributed by atoms with Gasteiger partial charge in [0.05, 0.1) is 0 Å². The lowest BCUT2D eigenvalue weighted by atomic mass is 9.90. The van der Waals surface area contributed by atoms with Crippen molar-refractivity contribution in [3.8, 4) is 0 Å². The summed E-state index contributed by atoms with van der Waals surface area (Å²) in [5.74, 6) is 1.19. The highest BCUT2D eigenvalue weighted by atomic mass is 32.2. The molecule has 0 aromatic carbocycles. The van der Waals surface area contributed by atoms with Gasteiger partial charge in [0.15, 0.2) is 5.03 Å². The van der Waals surface area contributed by atoms with Crippen molar-refractivity contribution in [3.05, 3.63) is 18.2 Å². The summed E-state index contributed by atoms with van der Waals surface area (Å²) in [4.78, 5) is 4.02. The number of aromatic nitrogens is 1. The molecule has 0 amide bonds. The number of hydrogen-bond acceptors (Lipinski definition) is 4. The van der Waals surface area contributed by atoms with Gasteiger partial charge in [0, 0.05) is 6.54 Å². The molecule has 1 aliphatic rings. The molecule has 1 atom stereocenters. The molecule has 1 heterocycles. The smallest absolute Gasteiger partial charge is 0.255 e. The Morgan fingerprint density at radius 2 is 2.21 bits per heavy atom. The Balaban J connectivity index is 1.97. The van der Waals surface area contributed by atoms with E-state index < -0.39 is 10.0 Å². The molecule has 0 aliphatic heterocycles. The zero-order chi connectivity index (χ0) is 14.1. The van der Waals surface area contributed by atoms with Crippen LogP contribution in [0.1, 0.15) is 33.1 Å². The van der Waals surface area contributed by atoms with E-state index in [0.717, 1.165) is 6.54 Å². The van der Waals surface area contributed by atoms with Crippen molar-refractivity contribution < 1.29 is 8.42 Å². The van der Waals surface area contributed by atoms with Crippen LogP contribution in [0, 0.1) is 11.3 Å². The van der Waals surface area contributed by atoms with Crippen LogP contribution in [-0.2, 0) is 10.0 Å². The maximum Gasteiger partial charge on any atom is 0.255 e. The van der Waals surface area contributed by atoms with Crippen LogP contribution in [-0.4, -0.2) is 19.9 Å². The third-order valence-electron chi connectivity index (χ3n) is 3.66. The van der Waals surface area contributed by atoms with Crippen LogP contribution in [0.2, 0.25) is 0 Å². The first-order chi connectivity index (χ1) is 8.76. The van der Waals surface area contributed by atoms with E-state index in [1.54, 1.807) is 12.1 Å². The van der Waals surface area contributed by atoms with Crippen LogP contribution in [0.25, 0.3) is 0 Å². The zero-order valence-electron chi connectivity index (χ0n) is 11.4. The van der Waals surface area contributed by atoms with Crippen LogP contribution in [0.4, 0.5) is 5.82 Å². The van der Waals surface area contributed by atoms with Gasteiger partial charge >= 0.3 is 0 Å². The van der Waals surface area contributed by atoms with E-state index in [2.05, 4.69) is 24.1 Å². The highest BCUT2D eigenvalue weighted by molar-refractivity contribution is 7.89. The van der Waals surface area contributed by atoms with Gasteiger partial charge in [-0.1, -0.05) is 19.9 Å². The minimum atomic E-state index is -3.73. The Kier molecular flexibility index (Phi) is 3.82. The fourth-order valence-electron chi connectivity index (χ4n) is 2.68. The molecule has 2 rings (SSSR count). The van der Waals surface area contributed by atoms with E-state index in [-0.39, 0.29) is 5.03 Å². The van der Waals surface area contributed by atoms with Crippen molar-refractivity contribution in [2.75, 3.05) is 11.9 Å². The highest BCUT2D eigenvalue weighted by Gasteiger charge is 2.30. The molecule has 3 N–H and O–H groups in total. The van der Waals surface area contributed by atoms with Crippen LogP contribution in [0.5, 0.6) is 0 Å². The first-order valence-corrected chi connectivity index (χ1v) is 8.05. The van der Waals surface area contributed by atoms with Gasteiger partial charge in [-0.25, -0.2) is 18.5 Å². The molecule has 5 nitrogen and oxygen atoms in total. The largest absolute Gasteiger partial charge is 0.370 e. The summed E-state index contributed by atoms with van der Waals surface area (Å²) in [7, 11) is -3.73. The van der Waals surface area contributed by atoms with Gasteiger partial charge in [0.2, 0.25) is 0 Å². The molecule has 1 aromatic rings. The molecule has 6 heteroatoms. The van der Waals surface area contributed by atoms with Gasteiger partial charge in [-0.15, -0.1) is 0 Å². The SMILES string of the molecule is CC1(C)CCC(CNc2cccc(S(N)(=O)=O)n2)C1. The van der Waals surface area contributed by atoms with Crippen molar-refractivity contribution in [1.82, 2.24) is 4.98 Å². The Bertz CT molecular complexity index is 555. The molecule has 1 aliphatic carbocycles. The van der Waals surface area contributed by atoms with Crippen molar-refractivity contribution in [2.45, 2.75) is 38.1 Å². The molecule has 1 saturated carbocycles. The molecule has 106 valence electrons. The summed E-state index contributed by atoms with van der Waals surface area (Å²) in [5.41, 5.74) is 0.419. The lowest BCUT2D eigenvalue weighted by Crippen LogP contribution is -2.17. The molecule has 1 aromatic heterocycles. The summed E-state index contributed by atoms with van der Waals surface area (Å²) in [5, 5.41) is 8.17. The van der Waals surface area contributed by atoms with Crippen LogP contribution in [0.15, 0.2) is 23.2 Å². The van der Waals surface area contributed by atoms with Crippen LogP contribution < -0.4 is 10.5 Å². The highest BCUT2D eigenvalue weighted by Crippen LogP contribution is 2.40. The summed E-state index contributed by atoms with van der Waals surface area (Å²) in [6, 6.07) is 4.81. The third-order valence-corrected chi connectivity index (χ3v) is 4.47. The summed E-state index contributed by atoms with van der Waals surface area (Å²) >= 11 is 0. The predicted molar refractivity (Wildman–Crippen MR) is 75.2 cm³/mol. The lowest BCUT2D eigenvalue weighted by molar-refractivity contribution is 0.364. The number of hydrogen-bond donors (Lipinski definition) is 2. The zero-order valence-corrected chi connectivity index (χ0v) is 12.2. The molecule has 0 saturated heterocycles. The minimum Gasteiger partial charge on any atom is -0.370 e. The quantitative estimate of drug-likeness (QED) is 0.884. The number of nitrogens with zero attached hydrogens (tertiary/aromatic N) is 1. The number of anilines is 1. The minimum absolute atomic E-state index is 0.0933. The van der Waals surface area contributed by atoms with Gasteiger partial charge in [-0.3, -0.25) is 0 Å². The molecule has 1 unspecified atom stereocenters. The molecular weight excluding hydrogens is 262 g/mol. The first-order valence-electron chi connectivity index (χ1n) is 6.50. The summed E-state index contributed by atoms with van der Waals surface area (Å²) in [6.45, 7) is 5.39. The Labute approximate surface area is 114 Å². The van der Waals surface area contributed by atoms with Gasteiger partial charge in [-0.2, -0.15) is 0 Å². The second-order valence-electron chi connectivity index (χ2n) is 6.06. The Morgan fingerprint density at radius 1 is 1.47 bits per heavy atom. The van der Waals surface area contributed by atoms with Crippen molar-refractivity contribution >= 4 is 15.8 Å². The maximum absolute atomic E-state index is 11.2. The monoisotopic (exact) mass is 283 g/mol. The first kappa shape index (κ1) is 14.3. The van der Waals surface area contributed by atoms with E-state index in [0.29, 0.717) is 17.2 Å². The number of nitrogens with two attached hydrogens (primary N) is 1. The topological polar surface area (TPSA) is 85.1 Å². The molecule has 0 spiro atoms. The second kappa shape index (κ2) is 5.09. The van der Waals surface area contributed by atoms with Crippen molar-refractivity contribution in [2.24, 2.45) is 16.5 Å². The van der Waals surface area contributed by atoms with E-state index in [1.807, 2.05) is 0 Å². The Morgan fingerprint density at radius 3 is 2.79 bits per heavy atom. The number of sulfonamides is 1. The average molecular weight is 283 g/mol. The Hall–Kier alpha value is -1.14. The number of pyridine rings is 1. The summed E-state index contributed by atoms with van der Waals surface area (Å²) in [6.07, 6.45) is 3.63. The fourth-order valence-corrected chi connectivity index (χ4v) is 3.17. The van der Waals surface area contributed by atoms with Gasteiger partial charge in [0.1, 0.15) is 5.82 Å². The molecule has 19 heavy (non-hydrogen) atoms. The maximum atomic E-state index is 11.2. The van der Waals surface area contributed by atoms with Gasteiger partial charge < -0.3 is 5.32 Å². The normalized spacial score (nSPS) is 22.4. The molecule has 0 radical (unpaired) electrons. The third kappa shape index (κ3) is 3.91. The van der Waals surface area contributed by atoms with Crippen LogP contribution >= 0.6 is 0 Å². The van der Waals surface area contributed by atoms with E-state index in [1.165, 1.54) is 25.3 Å². The predicted octanol–water partition coefficient (Wildman–Crippen LogP) is 1.97.